The third-order valence-corrected chi connectivity index (χ3v) is 4.22. The normalized spacial score (nSPS) is 11.3. The van der Waals surface area contributed by atoms with Crippen LogP contribution in [0.4, 0.5) is 14.9 Å². The van der Waals surface area contributed by atoms with Gasteiger partial charge >= 0.3 is 6.03 Å². The number of urea groups is 1. The van der Waals surface area contributed by atoms with Gasteiger partial charge in [-0.25, -0.2) is 9.18 Å². The van der Waals surface area contributed by atoms with Crippen LogP contribution >= 0.6 is 0 Å². The van der Waals surface area contributed by atoms with E-state index in [1.807, 2.05) is 6.92 Å². The summed E-state index contributed by atoms with van der Waals surface area (Å²) in [5, 5.41) is 8.13. The maximum atomic E-state index is 12.9. The maximum absolute atomic E-state index is 12.9. The zero-order chi connectivity index (χ0) is 21.2. The molecule has 7 nitrogen and oxygen atoms in total. The van der Waals surface area contributed by atoms with Gasteiger partial charge in [0.15, 0.2) is 11.5 Å². The summed E-state index contributed by atoms with van der Waals surface area (Å²) in [6, 6.07) is 9.66. The zero-order valence-corrected chi connectivity index (χ0v) is 16.8. The van der Waals surface area contributed by atoms with E-state index < -0.39 is 12.1 Å². The number of carbonyl (C=O) groups excluding carboxylic acids is 2. The van der Waals surface area contributed by atoms with Gasteiger partial charge in [-0.05, 0) is 36.2 Å². The van der Waals surface area contributed by atoms with Crippen LogP contribution < -0.4 is 25.4 Å². The fourth-order valence-electron chi connectivity index (χ4n) is 2.69. The summed E-state index contributed by atoms with van der Waals surface area (Å²) in [6.07, 6.45) is 1.19. The Morgan fingerprint density at radius 2 is 1.72 bits per heavy atom. The number of hydrogen-bond acceptors (Lipinski definition) is 4. The first-order chi connectivity index (χ1) is 14.0. The Bertz CT molecular complexity index is 827. The van der Waals surface area contributed by atoms with Gasteiger partial charge in [0.2, 0.25) is 5.91 Å². The Hall–Kier alpha value is -3.29. The molecule has 2 aromatic carbocycles. The predicted octanol–water partition coefficient (Wildman–Crippen LogP) is 3.45. The summed E-state index contributed by atoms with van der Waals surface area (Å²) in [4.78, 5) is 24.8. The molecule has 2 rings (SSSR count). The Kier molecular flexibility index (Phi) is 8.27. The highest BCUT2D eigenvalue weighted by Crippen LogP contribution is 2.29. The second kappa shape index (κ2) is 10.9. The lowest BCUT2D eigenvalue weighted by Crippen LogP contribution is -2.47. The summed E-state index contributed by atoms with van der Waals surface area (Å²) in [5.41, 5.74) is 1.28. The minimum Gasteiger partial charge on any atom is -0.493 e. The first-order valence-corrected chi connectivity index (χ1v) is 9.28. The van der Waals surface area contributed by atoms with Crippen molar-refractivity contribution in [2.75, 3.05) is 19.5 Å². The molecule has 156 valence electrons. The molecule has 0 aliphatic carbocycles. The van der Waals surface area contributed by atoms with E-state index >= 15 is 0 Å². The summed E-state index contributed by atoms with van der Waals surface area (Å²) < 4.78 is 23.4. The Morgan fingerprint density at radius 3 is 2.34 bits per heavy atom. The lowest BCUT2D eigenvalue weighted by Gasteiger charge is -2.19. The number of nitrogens with one attached hydrogen (secondary N) is 3. The number of anilines is 1. The molecule has 2 aromatic rings. The molecule has 0 saturated heterocycles. The Morgan fingerprint density at radius 1 is 1.03 bits per heavy atom. The molecule has 0 aliphatic rings. The zero-order valence-electron chi connectivity index (χ0n) is 16.8. The van der Waals surface area contributed by atoms with Gasteiger partial charge in [-0.1, -0.05) is 25.5 Å². The fourth-order valence-corrected chi connectivity index (χ4v) is 2.69. The Balaban J connectivity index is 1.95. The number of methoxy groups -OCH3 is 2. The molecule has 3 amide bonds. The van der Waals surface area contributed by atoms with Crippen LogP contribution in [0.3, 0.4) is 0 Å². The maximum Gasteiger partial charge on any atom is 0.315 e. The van der Waals surface area contributed by atoms with Crippen molar-refractivity contribution < 1.29 is 23.5 Å². The Labute approximate surface area is 169 Å². The largest absolute Gasteiger partial charge is 0.493 e. The molecular formula is C21H26FN3O4. The quantitative estimate of drug-likeness (QED) is 0.598. The van der Waals surface area contributed by atoms with Crippen molar-refractivity contribution in [1.82, 2.24) is 10.6 Å². The molecule has 0 radical (unpaired) electrons. The van der Waals surface area contributed by atoms with E-state index in [0.29, 0.717) is 30.0 Å². The van der Waals surface area contributed by atoms with E-state index in [4.69, 9.17) is 9.47 Å². The van der Waals surface area contributed by atoms with Crippen molar-refractivity contribution in [3.05, 3.63) is 53.8 Å². The molecule has 0 saturated carbocycles. The van der Waals surface area contributed by atoms with Gasteiger partial charge in [0.05, 0.1) is 14.2 Å². The molecule has 0 bridgehead atoms. The minimum absolute atomic E-state index is 0.224. The van der Waals surface area contributed by atoms with E-state index in [1.165, 1.54) is 26.4 Å². The van der Waals surface area contributed by atoms with Crippen LogP contribution in [-0.2, 0) is 11.3 Å². The van der Waals surface area contributed by atoms with Crippen molar-refractivity contribution >= 4 is 17.6 Å². The highest BCUT2D eigenvalue weighted by atomic mass is 19.1. The first-order valence-electron chi connectivity index (χ1n) is 9.28. The third-order valence-electron chi connectivity index (χ3n) is 4.22. The molecule has 0 heterocycles. The molecule has 1 atom stereocenters. The number of benzene rings is 2. The minimum atomic E-state index is -0.707. The van der Waals surface area contributed by atoms with E-state index in [1.54, 1.807) is 30.3 Å². The summed E-state index contributed by atoms with van der Waals surface area (Å²) >= 11 is 0. The van der Waals surface area contributed by atoms with Gasteiger partial charge in [-0.2, -0.15) is 0 Å². The van der Waals surface area contributed by atoms with Gasteiger partial charge in [0, 0.05) is 18.3 Å². The van der Waals surface area contributed by atoms with Crippen LogP contribution in [0.1, 0.15) is 25.3 Å². The fraction of sp³-hybridized carbons (Fsp3) is 0.333. The smallest absolute Gasteiger partial charge is 0.315 e. The van der Waals surface area contributed by atoms with Crippen molar-refractivity contribution in [2.24, 2.45) is 0 Å². The SMILES string of the molecule is CCC[C@@H](NC(=O)NCc1ccc(F)cc1)C(=O)Nc1ccc(OC)c(OC)c1. The van der Waals surface area contributed by atoms with Gasteiger partial charge < -0.3 is 25.4 Å². The predicted molar refractivity (Wildman–Crippen MR) is 109 cm³/mol. The number of carbonyl (C=O) groups is 2. The van der Waals surface area contributed by atoms with Crippen molar-refractivity contribution in [3.63, 3.8) is 0 Å². The number of rotatable bonds is 9. The molecule has 8 heteroatoms. The molecule has 29 heavy (non-hydrogen) atoms. The highest BCUT2D eigenvalue weighted by Gasteiger charge is 2.20. The lowest BCUT2D eigenvalue weighted by atomic mass is 10.1. The van der Waals surface area contributed by atoms with E-state index in [0.717, 1.165) is 5.56 Å². The third kappa shape index (κ3) is 6.67. The average molecular weight is 403 g/mol. The summed E-state index contributed by atoms with van der Waals surface area (Å²) in [6.45, 7) is 2.15. The van der Waals surface area contributed by atoms with E-state index in [2.05, 4.69) is 16.0 Å². The van der Waals surface area contributed by atoms with Gasteiger partial charge in [0.25, 0.3) is 0 Å². The second-order valence-electron chi connectivity index (χ2n) is 6.35. The van der Waals surface area contributed by atoms with Gasteiger partial charge in [-0.15, -0.1) is 0 Å². The van der Waals surface area contributed by atoms with Crippen molar-refractivity contribution in [2.45, 2.75) is 32.4 Å². The van der Waals surface area contributed by atoms with Gasteiger partial charge in [-0.3, -0.25) is 4.79 Å². The standard InChI is InChI=1S/C21H26FN3O4/c1-4-5-17(25-21(27)23-13-14-6-8-15(22)9-7-14)20(26)24-16-10-11-18(28-2)19(12-16)29-3/h6-12,17H,4-5,13H2,1-3H3,(H,24,26)(H2,23,25,27)/t17-/m1/s1. The van der Waals surface area contributed by atoms with E-state index in [-0.39, 0.29) is 18.3 Å². The van der Waals surface area contributed by atoms with Crippen LogP contribution in [0, 0.1) is 5.82 Å². The van der Waals surface area contributed by atoms with Crippen LogP contribution in [0.5, 0.6) is 11.5 Å². The molecule has 3 N–H and O–H groups in total. The molecule has 0 aliphatic heterocycles. The number of halogens is 1. The van der Waals surface area contributed by atoms with E-state index in [9.17, 15) is 14.0 Å². The molecule has 0 unspecified atom stereocenters. The number of hydrogen-bond donors (Lipinski definition) is 3. The molecular weight excluding hydrogens is 377 g/mol. The van der Waals surface area contributed by atoms with Crippen LogP contribution in [0.25, 0.3) is 0 Å². The topological polar surface area (TPSA) is 88.7 Å². The molecule has 0 aromatic heterocycles. The number of amides is 3. The lowest BCUT2D eigenvalue weighted by molar-refractivity contribution is -0.118. The van der Waals surface area contributed by atoms with Crippen molar-refractivity contribution in [1.29, 1.82) is 0 Å². The molecule has 0 spiro atoms. The second-order valence-corrected chi connectivity index (χ2v) is 6.35. The van der Waals surface area contributed by atoms with Crippen LogP contribution in [0.2, 0.25) is 0 Å². The highest BCUT2D eigenvalue weighted by molar-refractivity contribution is 5.97. The number of ether oxygens (including phenoxy) is 2. The first kappa shape index (κ1) is 22.0. The van der Waals surface area contributed by atoms with Gasteiger partial charge in [0.1, 0.15) is 11.9 Å². The van der Waals surface area contributed by atoms with Crippen LogP contribution in [-0.4, -0.2) is 32.2 Å². The summed E-state index contributed by atoms with van der Waals surface area (Å²) in [7, 11) is 3.04. The van der Waals surface area contributed by atoms with Crippen molar-refractivity contribution in [3.8, 4) is 11.5 Å². The average Bonchev–Trinajstić information content (AvgIpc) is 2.72. The summed E-state index contributed by atoms with van der Waals surface area (Å²) in [5.74, 6) is 0.361. The van der Waals surface area contributed by atoms with Crippen LogP contribution in [0.15, 0.2) is 42.5 Å². The molecule has 0 fully saturated rings. The monoisotopic (exact) mass is 403 g/mol.